The van der Waals surface area contributed by atoms with Crippen molar-refractivity contribution in [1.29, 1.82) is 0 Å². The molecule has 0 aliphatic heterocycles. The summed E-state index contributed by atoms with van der Waals surface area (Å²) >= 11 is 0. The van der Waals surface area contributed by atoms with Crippen LogP contribution < -0.4 is 11.5 Å². The zero-order valence-corrected chi connectivity index (χ0v) is 10.5. The molecular formula is C13H30N2. The Hall–Kier alpha value is -0.0800. The second-order valence-corrected chi connectivity index (χ2v) is 4.73. The summed E-state index contributed by atoms with van der Waals surface area (Å²) in [6.07, 6.45) is 11.9. The van der Waals surface area contributed by atoms with Crippen LogP contribution in [0, 0.1) is 5.92 Å². The summed E-state index contributed by atoms with van der Waals surface area (Å²) in [4.78, 5) is 0. The minimum Gasteiger partial charge on any atom is -0.330 e. The Bertz CT molecular complexity index is 115. The summed E-state index contributed by atoms with van der Waals surface area (Å²) < 4.78 is 0. The Kier molecular flexibility index (Phi) is 11.9. The van der Waals surface area contributed by atoms with Gasteiger partial charge in [-0.2, -0.15) is 0 Å². The van der Waals surface area contributed by atoms with Gasteiger partial charge in [-0.05, 0) is 31.8 Å². The van der Waals surface area contributed by atoms with Crippen molar-refractivity contribution in [3.8, 4) is 0 Å². The van der Waals surface area contributed by atoms with Crippen LogP contribution in [0.15, 0.2) is 0 Å². The van der Waals surface area contributed by atoms with Crippen molar-refractivity contribution in [2.75, 3.05) is 13.1 Å². The molecule has 0 aliphatic rings. The molecule has 0 radical (unpaired) electrons. The smallest absolute Gasteiger partial charge is 0.00773 e. The molecule has 1 unspecified atom stereocenters. The van der Waals surface area contributed by atoms with Gasteiger partial charge >= 0.3 is 0 Å². The van der Waals surface area contributed by atoms with E-state index in [-0.39, 0.29) is 0 Å². The highest BCUT2D eigenvalue weighted by atomic mass is 14.5. The van der Waals surface area contributed by atoms with E-state index < -0.39 is 0 Å². The van der Waals surface area contributed by atoms with Crippen molar-refractivity contribution in [3.63, 3.8) is 0 Å². The fraction of sp³-hybridized carbons (Fsp3) is 1.00. The summed E-state index contributed by atoms with van der Waals surface area (Å²) in [6, 6.07) is 0. The van der Waals surface area contributed by atoms with Crippen LogP contribution in [0.5, 0.6) is 0 Å². The minimum absolute atomic E-state index is 0.853. The van der Waals surface area contributed by atoms with Crippen molar-refractivity contribution < 1.29 is 0 Å². The molecule has 2 heteroatoms. The molecule has 0 bridgehead atoms. The van der Waals surface area contributed by atoms with E-state index >= 15 is 0 Å². The molecule has 92 valence electrons. The largest absolute Gasteiger partial charge is 0.330 e. The summed E-state index contributed by atoms with van der Waals surface area (Å²) in [5.41, 5.74) is 10.9. The number of nitrogens with two attached hydrogens (primary N) is 2. The van der Waals surface area contributed by atoms with Gasteiger partial charge in [0.25, 0.3) is 0 Å². The fourth-order valence-electron chi connectivity index (χ4n) is 1.95. The lowest BCUT2D eigenvalue weighted by Crippen LogP contribution is -2.01. The molecule has 15 heavy (non-hydrogen) atoms. The van der Waals surface area contributed by atoms with E-state index in [1.807, 2.05) is 0 Å². The zero-order chi connectivity index (χ0) is 11.4. The highest BCUT2D eigenvalue weighted by Gasteiger charge is 2.01. The van der Waals surface area contributed by atoms with Crippen LogP contribution in [0.25, 0.3) is 0 Å². The lowest BCUT2D eigenvalue weighted by atomic mass is 9.97. The van der Waals surface area contributed by atoms with Crippen molar-refractivity contribution in [3.05, 3.63) is 0 Å². The van der Waals surface area contributed by atoms with Crippen LogP contribution in [-0.2, 0) is 0 Å². The monoisotopic (exact) mass is 214 g/mol. The third-order valence-electron chi connectivity index (χ3n) is 3.05. The molecule has 0 spiro atoms. The lowest BCUT2D eigenvalue weighted by Gasteiger charge is -2.10. The Morgan fingerprint density at radius 3 is 1.67 bits per heavy atom. The van der Waals surface area contributed by atoms with E-state index in [4.69, 9.17) is 11.5 Å². The molecule has 0 rings (SSSR count). The van der Waals surface area contributed by atoms with Crippen LogP contribution in [0.4, 0.5) is 0 Å². The highest BCUT2D eigenvalue weighted by Crippen LogP contribution is 2.16. The standard InChI is InChI=1S/C13H30N2/c1-13(10-6-8-12-15)9-5-3-2-4-7-11-14/h13H,2-12,14-15H2,1H3. The van der Waals surface area contributed by atoms with Gasteiger partial charge in [-0.3, -0.25) is 0 Å². The molecule has 0 aromatic heterocycles. The molecule has 2 nitrogen and oxygen atoms in total. The minimum atomic E-state index is 0.853. The molecule has 1 atom stereocenters. The highest BCUT2D eigenvalue weighted by molar-refractivity contribution is 4.55. The Morgan fingerprint density at radius 1 is 0.667 bits per heavy atom. The van der Waals surface area contributed by atoms with Gasteiger partial charge in [-0.15, -0.1) is 0 Å². The maximum absolute atomic E-state index is 5.47. The molecule has 0 aliphatic carbocycles. The molecule has 4 N–H and O–H groups in total. The van der Waals surface area contributed by atoms with E-state index in [0.29, 0.717) is 0 Å². The molecule has 0 saturated heterocycles. The van der Waals surface area contributed by atoms with E-state index in [1.165, 1.54) is 57.8 Å². The van der Waals surface area contributed by atoms with Crippen LogP contribution in [-0.4, -0.2) is 13.1 Å². The van der Waals surface area contributed by atoms with E-state index in [2.05, 4.69) is 6.92 Å². The lowest BCUT2D eigenvalue weighted by molar-refractivity contribution is 0.439. The first-order valence-corrected chi connectivity index (χ1v) is 6.71. The first kappa shape index (κ1) is 14.9. The Labute approximate surface area is 95.8 Å². The number of hydrogen-bond acceptors (Lipinski definition) is 2. The summed E-state index contributed by atoms with van der Waals surface area (Å²) in [6.45, 7) is 4.08. The zero-order valence-electron chi connectivity index (χ0n) is 10.5. The van der Waals surface area contributed by atoms with Crippen molar-refractivity contribution in [2.24, 2.45) is 17.4 Å². The molecule has 0 aromatic rings. The van der Waals surface area contributed by atoms with Crippen LogP contribution >= 0.6 is 0 Å². The van der Waals surface area contributed by atoms with Crippen molar-refractivity contribution in [2.45, 2.75) is 64.7 Å². The van der Waals surface area contributed by atoms with Gasteiger partial charge in [0.2, 0.25) is 0 Å². The number of rotatable bonds is 11. The van der Waals surface area contributed by atoms with Gasteiger partial charge < -0.3 is 11.5 Å². The molecular weight excluding hydrogens is 184 g/mol. The molecule has 0 aromatic carbocycles. The predicted octanol–water partition coefficient (Wildman–Crippen LogP) is 3.05. The Morgan fingerprint density at radius 2 is 1.07 bits per heavy atom. The molecule has 0 fully saturated rings. The summed E-state index contributed by atoms with van der Waals surface area (Å²) in [5, 5.41) is 0. The number of unbranched alkanes of at least 4 members (excludes halogenated alkanes) is 5. The average molecular weight is 214 g/mol. The quantitative estimate of drug-likeness (QED) is 0.519. The summed E-state index contributed by atoms with van der Waals surface area (Å²) in [7, 11) is 0. The third kappa shape index (κ3) is 11.8. The van der Waals surface area contributed by atoms with Gasteiger partial charge in [0.05, 0.1) is 0 Å². The maximum Gasteiger partial charge on any atom is -0.00773 e. The van der Waals surface area contributed by atoms with E-state index in [1.54, 1.807) is 0 Å². The van der Waals surface area contributed by atoms with Gasteiger partial charge in [0, 0.05) is 0 Å². The molecule has 0 amide bonds. The third-order valence-corrected chi connectivity index (χ3v) is 3.05. The first-order valence-electron chi connectivity index (χ1n) is 6.71. The molecule has 0 heterocycles. The molecule has 0 saturated carbocycles. The second kappa shape index (κ2) is 12.0. The Balaban J connectivity index is 3.06. The normalized spacial score (nSPS) is 13.0. The van der Waals surface area contributed by atoms with Crippen LogP contribution in [0.1, 0.15) is 64.7 Å². The first-order chi connectivity index (χ1) is 7.31. The second-order valence-electron chi connectivity index (χ2n) is 4.73. The average Bonchev–Trinajstić information content (AvgIpc) is 2.23. The van der Waals surface area contributed by atoms with Gasteiger partial charge in [-0.25, -0.2) is 0 Å². The fourth-order valence-corrected chi connectivity index (χ4v) is 1.95. The van der Waals surface area contributed by atoms with Gasteiger partial charge in [0.1, 0.15) is 0 Å². The maximum atomic E-state index is 5.47. The predicted molar refractivity (Wildman–Crippen MR) is 68.8 cm³/mol. The van der Waals surface area contributed by atoms with Crippen LogP contribution in [0.3, 0.4) is 0 Å². The number of hydrogen-bond donors (Lipinski definition) is 2. The van der Waals surface area contributed by atoms with Crippen LogP contribution in [0.2, 0.25) is 0 Å². The summed E-state index contributed by atoms with van der Waals surface area (Å²) in [5.74, 6) is 0.894. The van der Waals surface area contributed by atoms with E-state index in [9.17, 15) is 0 Å². The topological polar surface area (TPSA) is 52.0 Å². The van der Waals surface area contributed by atoms with E-state index in [0.717, 1.165) is 19.0 Å². The van der Waals surface area contributed by atoms with Gasteiger partial charge in [0.15, 0.2) is 0 Å². The van der Waals surface area contributed by atoms with Crippen molar-refractivity contribution in [1.82, 2.24) is 0 Å². The van der Waals surface area contributed by atoms with Crippen molar-refractivity contribution >= 4 is 0 Å². The van der Waals surface area contributed by atoms with Gasteiger partial charge in [-0.1, -0.05) is 51.9 Å². The SMILES string of the molecule is CC(CCCCN)CCCCCCCN.